The third-order valence-corrected chi connectivity index (χ3v) is 6.60. The molecule has 1 aromatic carbocycles. The van der Waals surface area contributed by atoms with Gasteiger partial charge in [-0.1, -0.05) is 30.3 Å². The molecule has 0 saturated heterocycles. The molecule has 1 unspecified atom stereocenters. The molecular formula is C23H20N4OS. The highest BCUT2D eigenvalue weighted by Crippen LogP contribution is 2.38. The molecule has 1 aliphatic carbocycles. The highest BCUT2D eigenvalue weighted by Gasteiger charge is 2.24. The number of carbonyl (C=O) groups is 1. The van der Waals surface area contributed by atoms with Crippen LogP contribution in [0.3, 0.4) is 0 Å². The lowest BCUT2D eigenvalue weighted by Gasteiger charge is -2.24. The van der Waals surface area contributed by atoms with Crippen LogP contribution < -0.4 is 11.1 Å². The number of hydrogen-bond acceptors (Lipinski definition) is 5. The molecule has 144 valence electrons. The van der Waals surface area contributed by atoms with Gasteiger partial charge in [0, 0.05) is 17.3 Å². The van der Waals surface area contributed by atoms with Crippen molar-refractivity contribution in [1.29, 1.82) is 0 Å². The Morgan fingerprint density at radius 3 is 2.83 bits per heavy atom. The minimum absolute atomic E-state index is 0.223. The number of nitrogens with two attached hydrogens (primary N) is 1. The maximum absolute atomic E-state index is 12.7. The van der Waals surface area contributed by atoms with Gasteiger partial charge in [-0.15, -0.1) is 11.3 Å². The minimum Gasteiger partial charge on any atom is -0.397 e. The largest absolute Gasteiger partial charge is 0.397 e. The number of benzene rings is 1. The molecule has 0 bridgehead atoms. The number of aryl methyl sites for hydroxylation is 1. The molecule has 1 aliphatic rings. The Balaban J connectivity index is 1.47. The quantitative estimate of drug-likeness (QED) is 0.518. The first-order valence-electron chi connectivity index (χ1n) is 9.66. The minimum atomic E-state index is -0.223. The van der Waals surface area contributed by atoms with Crippen molar-refractivity contribution < 1.29 is 4.79 Å². The van der Waals surface area contributed by atoms with Crippen LogP contribution >= 0.6 is 11.3 Å². The van der Waals surface area contributed by atoms with Crippen molar-refractivity contribution in [3.05, 3.63) is 82.6 Å². The van der Waals surface area contributed by atoms with Crippen LogP contribution in [0.25, 0.3) is 10.2 Å². The zero-order valence-electron chi connectivity index (χ0n) is 15.8. The van der Waals surface area contributed by atoms with Gasteiger partial charge in [0.1, 0.15) is 9.71 Å². The highest BCUT2D eigenvalue weighted by molar-refractivity contribution is 7.21. The van der Waals surface area contributed by atoms with E-state index in [2.05, 4.69) is 46.7 Å². The van der Waals surface area contributed by atoms with Crippen LogP contribution in [0.1, 0.15) is 38.8 Å². The predicted molar refractivity (Wildman–Crippen MR) is 117 cm³/mol. The van der Waals surface area contributed by atoms with Crippen LogP contribution in [0.5, 0.6) is 0 Å². The molecule has 0 fully saturated rings. The molecule has 5 rings (SSSR count). The molecule has 1 amide bonds. The molecule has 4 aromatic rings. The number of thiophene rings is 1. The Bertz CT molecular complexity index is 1190. The molecule has 5 nitrogen and oxygen atoms in total. The number of carbonyl (C=O) groups excluding carboxylic acids is 1. The van der Waals surface area contributed by atoms with Crippen LogP contribution in [0, 0.1) is 0 Å². The van der Waals surface area contributed by atoms with E-state index in [9.17, 15) is 4.79 Å². The van der Waals surface area contributed by atoms with Crippen LogP contribution in [-0.4, -0.2) is 15.9 Å². The number of anilines is 2. The molecule has 3 N–H and O–H groups in total. The summed E-state index contributed by atoms with van der Waals surface area (Å²) in [5.74, 6) is 0.273. The van der Waals surface area contributed by atoms with Crippen LogP contribution in [0.4, 0.5) is 11.4 Å². The standard InChI is InChI=1S/C23H20N4OS/c24-20-18-12-16-11-15(14-5-2-1-3-6-14)8-9-19(16)27-23(18)29-21(20)22(28)26-17-7-4-10-25-13-17/h1-7,10,12-13,15H,8-9,11,24H2,(H,26,28). The molecule has 0 aliphatic heterocycles. The topological polar surface area (TPSA) is 80.9 Å². The van der Waals surface area contributed by atoms with Gasteiger partial charge < -0.3 is 11.1 Å². The van der Waals surface area contributed by atoms with Crippen LogP contribution in [0.15, 0.2) is 60.9 Å². The number of hydrogen-bond donors (Lipinski definition) is 2. The summed E-state index contributed by atoms with van der Waals surface area (Å²) in [5, 5.41) is 3.73. The highest BCUT2D eigenvalue weighted by atomic mass is 32.1. The molecule has 29 heavy (non-hydrogen) atoms. The number of nitrogens with one attached hydrogen (secondary N) is 1. The van der Waals surface area contributed by atoms with E-state index in [0.29, 0.717) is 22.2 Å². The van der Waals surface area contributed by atoms with Crippen molar-refractivity contribution in [2.24, 2.45) is 0 Å². The van der Waals surface area contributed by atoms with E-state index in [1.165, 1.54) is 22.5 Å². The number of fused-ring (bicyclic) bond motifs is 2. The molecule has 3 aromatic heterocycles. The second kappa shape index (κ2) is 7.29. The van der Waals surface area contributed by atoms with Crippen LogP contribution in [0.2, 0.25) is 0 Å². The Morgan fingerprint density at radius 1 is 1.17 bits per heavy atom. The SMILES string of the molecule is Nc1c(C(=O)Nc2cccnc2)sc2nc3c(cc12)CC(c1ccccc1)CC3. The lowest BCUT2D eigenvalue weighted by atomic mass is 9.82. The van der Waals surface area contributed by atoms with Gasteiger partial charge in [-0.3, -0.25) is 9.78 Å². The Labute approximate surface area is 172 Å². The second-order valence-electron chi connectivity index (χ2n) is 7.34. The summed E-state index contributed by atoms with van der Waals surface area (Å²) < 4.78 is 0. The Morgan fingerprint density at radius 2 is 2.03 bits per heavy atom. The fourth-order valence-electron chi connectivity index (χ4n) is 3.99. The number of rotatable bonds is 3. The second-order valence-corrected chi connectivity index (χ2v) is 8.34. The smallest absolute Gasteiger partial charge is 0.267 e. The molecule has 0 radical (unpaired) electrons. The summed E-state index contributed by atoms with van der Waals surface area (Å²) >= 11 is 1.35. The normalized spacial score (nSPS) is 15.8. The summed E-state index contributed by atoms with van der Waals surface area (Å²) in [5.41, 5.74) is 11.3. The van der Waals surface area contributed by atoms with Gasteiger partial charge in [0.2, 0.25) is 0 Å². The molecule has 0 saturated carbocycles. The molecule has 0 spiro atoms. The van der Waals surface area contributed by atoms with Gasteiger partial charge in [0.05, 0.1) is 17.6 Å². The summed E-state index contributed by atoms with van der Waals surface area (Å²) in [4.78, 5) is 22.9. The lowest BCUT2D eigenvalue weighted by Crippen LogP contribution is -2.14. The Hall–Kier alpha value is -3.25. The number of pyridine rings is 2. The third-order valence-electron chi connectivity index (χ3n) is 5.48. The fraction of sp³-hybridized carbons (Fsp3) is 0.174. The van der Waals surface area contributed by atoms with Gasteiger partial charge >= 0.3 is 0 Å². The van der Waals surface area contributed by atoms with Gasteiger partial charge in [-0.05, 0) is 54.5 Å². The Kier molecular flexibility index (Phi) is 4.48. The van der Waals surface area contributed by atoms with Crippen molar-refractivity contribution in [3.63, 3.8) is 0 Å². The summed E-state index contributed by atoms with van der Waals surface area (Å²) in [7, 11) is 0. The molecule has 3 heterocycles. The van der Waals surface area contributed by atoms with Gasteiger partial charge in [0.15, 0.2) is 0 Å². The third kappa shape index (κ3) is 3.36. The van der Waals surface area contributed by atoms with Gasteiger partial charge in [0.25, 0.3) is 5.91 Å². The van der Waals surface area contributed by atoms with E-state index in [1.54, 1.807) is 24.5 Å². The first kappa shape index (κ1) is 17.8. The van der Waals surface area contributed by atoms with Crippen molar-refractivity contribution in [2.75, 3.05) is 11.1 Å². The summed E-state index contributed by atoms with van der Waals surface area (Å²) in [6, 6.07) is 16.3. The fourth-order valence-corrected chi connectivity index (χ4v) is 4.98. The van der Waals surface area contributed by atoms with Crippen molar-refractivity contribution in [3.8, 4) is 0 Å². The van der Waals surface area contributed by atoms with E-state index in [-0.39, 0.29) is 5.91 Å². The summed E-state index contributed by atoms with van der Waals surface area (Å²) in [6.45, 7) is 0. The van der Waals surface area contributed by atoms with Crippen LogP contribution in [-0.2, 0) is 12.8 Å². The maximum Gasteiger partial charge on any atom is 0.267 e. The summed E-state index contributed by atoms with van der Waals surface area (Å²) in [6.07, 6.45) is 6.27. The first-order valence-corrected chi connectivity index (χ1v) is 10.5. The van der Waals surface area contributed by atoms with E-state index < -0.39 is 0 Å². The number of aromatic nitrogens is 2. The number of nitrogen functional groups attached to an aromatic ring is 1. The first-order chi connectivity index (χ1) is 14.2. The monoisotopic (exact) mass is 400 g/mol. The van der Waals surface area contributed by atoms with Crippen molar-refractivity contribution in [1.82, 2.24) is 9.97 Å². The molecule has 1 atom stereocenters. The number of nitrogens with zero attached hydrogens (tertiary/aromatic N) is 2. The van der Waals surface area contributed by atoms with E-state index in [0.717, 1.165) is 35.2 Å². The van der Waals surface area contributed by atoms with Crippen molar-refractivity contribution >= 4 is 38.8 Å². The molecule has 6 heteroatoms. The van der Waals surface area contributed by atoms with Gasteiger partial charge in [-0.25, -0.2) is 4.98 Å². The predicted octanol–water partition coefficient (Wildman–Crippen LogP) is 4.80. The lowest BCUT2D eigenvalue weighted by molar-refractivity contribution is 0.103. The van der Waals surface area contributed by atoms with E-state index >= 15 is 0 Å². The van der Waals surface area contributed by atoms with E-state index in [1.807, 2.05) is 0 Å². The average Bonchev–Trinajstić information content (AvgIpc) is 3.09. The van der Waals surface area contributed by atoms with Crippen molar-refractivity contribution in [2.45, 2.75) is 25.2 Å². The average molecular weight is 401 g/mol. The molecular weight excluding hydrogens is 380 g/mol. The number of amides is 1. The van der Waals surface area contributed by atoms with Gasteiger partial charge in [-0.2, -0.15) is 0 Å². The maximum atomic E-state index is 12.7. The zero-order valence-corrected chi connectivity index (χ0v) is 16.6. The zero-order chi connectivity index (χ0) is 19.8. The van der Waals surface area contributed by atoms with E-state index in [4.69, 9.17) is 10.7 Å².